The number of likely N-dealkylation sites (tertiary alicyclic amines) is 1. The van der Waals surface area contributed by atoms with Gasteiger partial charge >= 0.3 is 5.97 Å². The lowest BCUT2D eigenvalue weighted by Gasteiger charge is -2.42. The van der Waals surface area contributed by atoms with Gasteiger partial charge in [-0.25, -0.2) is 0 Å². The van der Waals surface area contributed by atoms with Gasteiger partial charge in [0.1, 0.15) is 24.0 Å². The molecule has 3 aliphatic rings. The van der Waals surface area contributed by atoms with E-state index in [9.17, 15) is 24.9 Å². The summed E-state index contributed by atoms with van der Waals surface area (Å²) in [5, 5.41) is 47.9. The third kappa shape index (κ3) is 27.5. The Hall–Kier alpha value is -3.66. The Morgan fingerprint density at radius 3 is 2.19 bits per heavy atom. The Balaban J connectivity index is -0.00000206. The number of aliphatic hydroxyl groups excluding tert-OH is 3. The van der Waals surface area contributed by atoms with Crippen molar-refractivity contribution in [2.24, 2.45) is 23.7 Å². The number of aliphatic carboxylic acids is 1. The van der Waals surface area contributed by atoms with Gasteiger partial charge in [0.05, 0.1) is 12.2 Å². The smallest absolute Gasteiger partial charge is 0.320 e. The number of hydrogen-bond donors (Lipinski definition) is 5. The maximum Gasteiger partial charge on any atom is 0.320 e. The van der Waals surface area contributed by atoms with Gasteiger partial charge in [-0.15, -0.1) is 26.0 Å². The lowest BCUT2D eigenvalue weighted by molar-refractivity contribution is -0.254. The number of allylic oxidation sites excluding steroid dienone is 7. The van der Waals surface area contributed by atoms with Crippen molar-refractivity contribution in [3.8, 4) is 12.8 Å². The average Bonchev–Trinajstić information content (AvgIpc) is 3.37. The Bertz CT molecular complexity index is 1560. The van der Waals surface area contributed by atoms with E-state index in [1.54, 1.807) is 13.2 Å². The van der Waals surface area contributed by atoms with Gasteiger partial charge in [-0.05, 0) is 133 Å². The second-order valence-corrected chi connectivity index (χ2v) is 18.3. The summed E-state index contributed by atoms with van der Waals surface area (Å²) in [6.45, 7) is 33.1. The van der Waals surface area contributed by atoms with Gasteiger partial charge in [-0.2, -0.15) is 0 Å². The Labute approximate surface area is 422 Å². The zero-order valence-electron chi connectivity index (χ0n) is 45.2. The van der Waals surface area contributed by atoms with Gasteiger partial charge in [-0.1, -0.05) is 128 Å². The molecular weight excluding hydrogens is 867 g/mol. The highest BCUT2D eigenvalue weighted by atomic mass is 16.6. The number of piperidine rings is 1. The quantitative estimate of drug-likeness (QED) is 0.0273. The molecule has 7 unspecified atom stereocenters. The molecule has 0 aromatic rings. The molecule has 1 saturated carbocycles. The normalized spacial score (nSPS) is 25.2. The van der Waals surface area contributed by atoms with E-state index >= 15 is 0 Å². The summed E-state index contributed by atoms with van der Waals surface area (Å²) in [4.78, 5) is 25.0. The third-order valence-corrected chi connectivity index (χ3v) is 13.6. The number of Topliss-reactive ketones (excluding diaryl/α,β-unsaturated/α-hetero) is 1. The van der Waals surface area contributed by atoms with Crippen LogP contribution in [0.4, 0.5) is 0 Å². The van der Waals surface area contributed by atoms with Crippen LogP contribution in [0.1, 0.15) is 164 Å². The molecule has 0 amide bonds. The molecule has 2 heterocycles. The van der Waals surface area contributed by atoms with Crippen molar-refractivity contribution in [1.29, 1.82) is 0 Å². The van der Waals surface area contributed by atoms with Crippen LogP contribution in [-0.4, -0.2) is 106 Å². The molecule has 0 bridgehead atoms. The molecule has 3 fully saturated rings. The van der Waals surface area contributed by atoms with E-state index in [-0.39, 0.29) is 35.9 Å². The summed E-state index contributed by atoms with van der Waals surface area (Å²) < 4.78 is 11.8. The van der Waals surface area contributed by atoms with Crippen molar-refractivity contribution in [3.63, 3.8) is 0 Å². The van der Waals surface area contributed by atoms with Crippen LogP contribution in [-0.2, 0) is 19.1 Å². The number of unbranched alkanes of at least 4 members (excludes halogenated alkanes) is 1. The number of carboxylic acid groups (broad SMARTS) is 1. The van der Waals surface area contributed by atoms with Gasteiger partial charge in [-0.3, -0.25) is 14.5 Å². The first kappa shape index (κ1) is 69.6. The first-order valence-corrected chi connectivity index (χ1v) is 25.7. The van der Waals surface area contributed by atoms with E-state index in [2.05, 4.69) is 90.8 Å². The summed E-state index contributed by atoms with van der Waals surface area (Å²) in [5.41, 5.74) is 3.39. The van der Waals surface area contributed by atoms with Gasteiger partial charge in [0.25, 0.3) is 0 Å². The minimum atomic E-state index is -1.32. The van der Waals surface area contributed by atoms with Crippen LogP contribution in [0.25, 0.3) is 0 Å². The van der Waals surface area contributed by atoms with Gasteiger partial charge in [0.15, 0.2) is 5.79 Å². The fourth-order valence-corrected chi connectivity index (χ4v) is 8.95. The Morgan fingerprint density at radius 1 is 0.971 bits per heavy atom. The van der Waals surface area contributed by atoms with E-state index in [0.29, 0.717) is 30.3 Å². The highest BCUT2D eigenvalue weighted by Crippen LogP contribution is 2.39. The molecule has 5 N–H and O–H groups in total. The molecule has 10 atom stereocenters. The molecule has 69 heavy (non-hydrogen) atoms. The molecule has 2 aliphatic heterocycles. The van der Waals surface area contributed by atoms with E-state index in [1.165, 1.54) is 5.57 Å². The SMILES string of the molecule is C#C.C=C.C=CC(=C)C1(O)O[C@H](CC/C(C)=C/C=C/C=C/CCC(C)C(=C)[C@H](OC)C(O)/C(C)=C/CC(=O)CCCCC2CC[C@@H](O)C(CC)C2)CCC1C.CC.CN1CCCCC1C(=O)O.CO. The standard InChI is InChI=1S/C45H72O6.C7H13NO2.C2H6.C2H4.C2H2.CH4O/c1-10-35(6)45(49)36(7)25-29-41(51-45)28-23-32(3)19-15-13-12-14-16-20-33(4)37(8)44(50-9)43(48)34(5)24-27-40(46)22-18-17-21-38-26-30-42(47)39(11-2)31-38;1-8-5-3-2-4-6(8)7(9)10;4*1-2/h10,12-15,19,24,33,36,38-39,41-44,47-49H,1,6,8,11,16-18,20-23,25-31H2,2-5,7,9H3;6H,2-5H2,1H3,(H,9,10);1-2H3;1-2H2;1-2H;2H,1H3/b14-12+,15-13+,32-19+,34-24+;;;;;/t33?,36?,38?,39?,41-,42-,43?,44+,45?;;;;;/m1...../s1. The van der Waals surface area contributed by atoms with Gasteiger partial charge < -0.3 is 35.0 Å². The first-order chi connectivity index (χ1) is 33.0. The van der Waals surface area contributed by atoms with Gasteiger partial charge in [0.2, 0.25) is 0 Å². The number of carbonyl (C=O) groups excluding carboxylic acids is 1. The molecule has 396 valence electrons. The first-order valence-electron chi connectivity index (χ1n) is 25.7. The molecule has 0 aromatic heterocycles. The number of carbonyl (C=O) groups is 2. The number of carboxylic acids is 1. The minimum Gasteiger partial charge on any atom is -0.480 e. The second-order valence-electron chi connectivity index (χ2n) is 18.3. The number of aliphatic hydroxyl groups is 4. The van der Waals surface area contributed by atoms with Crippen LogP contribution in [0.15, 0.2) is 97.7 Å². The van der Waals surface area contributed by atoms with Crippen molar-refractivity contribution >= 4 is 11.8 Å². The molecule has 0 radical (unpaired) electrons. The monoisotopic (exact) mass is 968 g/mol. The molecule has 10 nitrogen and oxygen atoms in total. The summed E-state index contributed by atoms with van der Waals surface area (Å²) in [6, 6.07) is -0.228. The predicted molar refractivity (Wildman–Crippen MR) is 291 cm³/mol. The second kappa shape index (κ2) is 42.1. The van der Waals surface area contributed by atoms with Crippen LogP contribution < -0.4 is 0 Å². The Morgan fingerprint density at radius 2 is 1.62 bits per heavy atom. The summed E-state index contributed by atoms with van der Waals surface area (Å²) in [6.07, 6.45) is 36.8. The Kier molecular flexibility index (Phi) is 42.4. The van der Waals surface area contributed by atoms with Crippen molar-refractivity contribution < 1.29 is 44.6 Å². The fourth-order valence-electron chi connectivity index (χ4n) is 8.95. The highest BCUT2D eigenvalue weighted by Gasteiger charge is 2.42. The van der Waals surface area contributed by atoms with E-state index in [0.717, 1.165) is 128 Å². The number of methoxy groups -OCH3 is 1. The van der Waals surface area contributed by atoms with E-state index in [4.69, 9.17) is 19.7 Å². The average molecular weight is 968 g/mol. The van der Waals surface area contributed by atoms with Crippen LogP contribution in [0.5, 0.6) is 0 Å². The van der Waals surface area contributed by atoms with Crippen LogP contribution in [0, 0.1) is 36.5 Å². The maximum absolute atomic E-state index is 12.6. The molecular formula is C59H101NO9. The minimum absolute atomic E-state index is 0.00189. The zero-order chi connectivity index (χ0) is 53.5. The van der Waals surface area contributed by atoms with Crippen molar-refractivity contribution in [2.75, 3.05) is 27.8 Å². The molecule has 10 heteroatoms. The molecule has 0 spiro atoms. The topological polar surface area (TPSA) is 157 Å². The van der Waals surface area contributed by atoms with Crippen molar-refractivity contribution in [1.82, 2.24) is 4.90 Å². The maximum atomic E-state index is 12.6. The molecule has 2 saturated heterocycles. The fraction of sp³-hybridized carbons (Fsp3) is 0.661. The number of likely N-dealkylation sites (N-methyl/N-ethyl adjacent to an activating group) is 1. The predicted octanol–water partition coefficient (Wildman–Crippen LogP) is 12.3. The van der Waals surface area contributed by atoms with Crippen LogP contribution in [0.3, 0.4) is 0 Å². The lowest BCUT2D eigenvalue weighted by atomic mass is 9.76. The summed E-state index contributed by atoms with van der Waals surface area (Å²) >= 11 is 0. The van der Waals surface area contributed by atoms with Gasteiger partial charge in [0, 0.05) is 38.6 Å². The highest BCUT2D eigenvalue weighted by molar-refractivity contribution is 5.79. The number of nitrogens with zero attached hydrogens (tertiary/aromatic N) is 1. The molecule has 0 aromatic carbocycles. The number of ketones is 1. The largest absolute Gasteiger partial charge is 0.480 e. The number of rotatable bonds is 24. The molecule has 1 aliphatic carbocycles. The van der Waals surface area contributed by atoms with E-state index in [1.807, 2.05) is 51.8 Å². The summed E-state index contributed by atoms with van der Waals surface area (Å²) in [5.74, 6) is -0.536. The number of hydrogen-bond acceptors (Lipinski definition) is 9. The molecule has 3 rings (SSSR count). The number of terminal acetylenes is 1. The third-order valence-electron chi connectivity index (χ3n) is 13.6. The van der Waals surface area contributed by atoms with Crippen LogP contribution in [0.2, 0.25) is 0 Å². The van der Waals surface area contributed by atoms with Crippen molar-refractivity contribution in [3.05, 3.63) is 97.7 Å². The van der Waals surface area contributed by atoms with E-state index < -0.39 is 24.0 Å². The summed E-state index contributed by atoms with van der Waals surface area (Å²) in [7, 11) is 4.47. The lowest BCUT2D eigenvalue weighted by Crippen LogP contribution is -2.47. The zero-order valence-corrected chi connectivity index (χ0v) is 45.2. The van der Waals surface area contributed by atoms with Crippen molar-refractivity contribution in [2.45, 2.75) is 200 Å². The number of ether oxygens (including phenoxy) is 2. The van der Waals surface area contributed by atoms with Crippen LogP contribution >= 0.6 is 0 Å².